The first-order valence-electron chi connectivity index (χ1n) is 21.4. The summed E-state index contributed by atoms with van der Waals surface area (Å²) >= 11 is 1.79. The van der Waals surface area contributed by atoms with Gasteiger partial charge in [0, 0.05) is 42.4 Å². The van der Waals surface area contributed by atoms with Crippen LogP contribution in [-0.4, -0.2) is 15.0 Å². The van der Waals surface area contributed by atoms with E-state index in [1.807, 2.05) is 48.5 Å². The van der Waals surface area contributed by atoms with Crippen molar-refractivity contribution in [2.75, 3.05) is 0 Å². The third kappa shape index (κ3) is 5.59. The van der Waals surface area contributed by atoms with E-state index in [0.717, 1.165) is 50.3 Å². The lowest BCUT2D eigenvalue weighted by Gasteiger charge is -2.34. The highest BCUT2D eigenvalue weighted by Gasteiger charge is 2.48. The van der Waals surface area contributed by atoms with Gasteiger partial charge in [-0.3, -0.25) is 0 Å². The summed E-state index contributed by atoms with van der Waals surface area (Å²) in [5.74, 6) is 4.51. The molecule has 0 radical (unpaired) electrons. The van der Waals surface area contributed by atoms with E-state index >= 15 is 0 Å². The number of rotatable bonds is 6. The molecule has 64 heavy (non-hydrogen) atoms. The van der Waals surface area contributed by atoms with Crippen molar-refractivity contribution in [3.8, 4) is 79.4 Å². The predicted octanol–water partition coefficient (Wildman–Crippen LogP) is 15.2. The maximum Gasteiger partial charge on any atom is 0.178 e. The second-order valence-electron chi connectivity index (χ2n) is 16.2. The average molecular weight is 838 g/mol. The molecule has 13 rings (SSSR count). The molecule has 0 N–H and O–H groups in total. The fourth-order valence-corrected chi connectivity index (χ4v) is 11.0. The number of hydrogen-bond donors (Lipinski definition) is 0. The van der Waals surface area contributed by atoms with Crippen LogP contribution in [0.1, 0.15) is 22.3 Å². The quantitative estimate of drug-likeness (QED) is 0.167. The highest BCUT2D eigenvalue weighted by atomic mass is 32.1. The van der Waals surface area contributed by atoms with Gasteiger partial charge in [0.2, 0.25) is 0 Å². The van der Waals surface area contributed by atoms with Crippen molar-refractivity contribution in [2.45, 2.75) is 5.41 Å². The van der Waals surface area contributed by atoms with Crippen LogP contribution < -0.4 is 9.47 Å². The van der Waals surface area contributed by atoms with E-state index in [1.165, 1.54) is 36.9 Å². The van der Waals surface area contributed by atoms with Crippen LogP contribution in [0.25, 0.3) is 76.6 Å². The molecular weight excluding hydrogens is 803 g/mol. The Morgan fingerprint density at radius 2 is 0.953 bits per heavy atom. The van der Waals surface area contributed by atoms with Crippen LogP contribution in [-0.2, 0) is 5.41 Å². The van der Waals surface area contributed by atoms with Crippen LogP contribution in [0.5, 0.6) is 23.0 Å². The van der Waals surface area contributed by atoms with E-state index in [9.17, 15) is 0 Å². The first kappa shape index (κ1) is 36.5. The SMILES string of the molecule is c1ccc(-c2nc(-c3ccc4c(c3)sc3ccccc34)nc(-c3ccccc3-c3ccc4c(c3)Oc3ccc5c(c3O4)-c3ccccc3C5(c3ccccc3)c3ccccc3)n2)cc1. The van der Waals surface area contributed by atoms with E-state index in [1.54, 1.807) is 11.3 Å². The zero-order chi connectivity index (χ0) is 42.2. The van der Waals surface area contributed by atoms with Crippen molar-refractivity contribution < 1.29 is 9.47 Å². The summed E-state index contributed by atoms with van der Waals surface area (Å²) in [6, 6.07) is 74.2. The highest BCUT2D eigenvalue weighted by molar-refractivity contribution is 7.25. The van der Waals surface area contributed by atoms with E-state index in [2.05, 4.69) is 164 Å². The molecule has 2 aliphatic rings. The summed E-state index contributed by atoms with van der Waals surface area (Å²) in [6.07, 6.45) is 0. The Kier molecular flexibility index (Phi) is 8.23. The van der Waals surface area contributed by atoms with Gasteiger partial charge in [-0.15, -0.1) is 11.3 Å². The first-order valence-corrected chi connectivity index (χ1v) is 22.2. The minimum absolute atomic E-state index is 0.540. The lowest BCUT2D eigenvalue weighted by molar-refractivity contribution is 0.360. The fraction of sp³-hybridized carbons (Fsp3) is 0.0172. The van der Waals surface area contributed by atoms with Crippen LogP contribution in [0, 0.1) is 0 Å². The lowest BCUT2D eigenvalue weighted by Crippen LogP contribution is -2.28. The Hall–Kier alpha value is -8.19. The van der Waals surface area contributed by atoms with Gasteiger partial charge in [-0.05, 0) is 69.3 Å². The second kappa shape index (κ2) is 14.4. The Bertz CT molecular complexity index is 3590. The van der Waals surface area contributed by atoms with Crippen LogP contribution in [0.15, 0.2) is 212 Å². The molecule has 0 fully saturated rings. The molecule has 1 aliphatic heterocycles. The molecule has 0 amide bonds. The number of nitrogens with zero attached hydrogens (tertiary/aromatic N) is 3. The number of ether oxygens (including phenoxy) is 2. The summed E-state index contributed by atoms with van der Waals surface area (Å²) in [5.41, 5.74) is 11.1. The second-order valence-corrected chi connectivity index (χ2v) is 17.3. The standard InChI is InChI=1S/C58H35N3O2S/c1-4-16-36(17-5-1)55-59-56(38-28-30-43-42-23-13-15-27-51(42)64-52(43)35-38)61-57(60-55)44-24-11-10-22-41(44)37-29-32-48-50(34-37)62-49-33-31-47-53(54(49)63-48)45-25-12-14-26-46(45)58(47,39-18-6-2-7-19-39)40-20-8-3-9-21-40/h1-35H. The van der Waals surface area contributed by atoms with Gasteiger partial charge in [0.1, 0.15) is 0 Å². The molecule has 0 saturated heterocycles. The van der Waals surface area contributed by atoms with E-state index in [4.69, 9.17) is 24.4 Å². The van der Waals surface area contributed by atoms with Gasteiger partial charge in [-0.25, -0.2) is 15.0 Å². The summed E-state index contributed by atoms with van der Waals surface area (Å²) in [4.78, 5) is 15.4. The average Bonchev–Trinajstić information content (AvgIpc) is 3.90. The van der Waals surface area contributed by atoms with Crippen molar-refractivity contribution in [2.24, 2.45) is 0 Å². The number of benzene rings is 9. The van der Waals surface area contributed by atoms with Crippen molar-refractivity contribution in [1.29, 1.82) is 0 Å². The van der Waals surface area contributed by atoms with Crippen molar-refractivity contribution in [1.82, 2.24) is 15.0 Å². The van der Waals surface area contributed by atoms with Gasteiger partial charge in [-0.1, -0.05) is 182 Å². The Morgan fingerprint density at radius 1 is 0.359 bits per heavy atom. The third-order valence-electron chi connectivity index (χ3n) is 12.7. The Labute approximate surface area is 373 Å². The zero-order valence-electron chi connectivity index (χ0n) is 34.3. The molecule has 0 saturated carbocycles. The van der Waals surface area contributed by atoms with Crippen molar-refractivity contribution >= 4 is 31.5 Å². The molecule has 0 unspecified atom stereocenters. The van der Waals surface area contributed by atoms with Crippen molar-refractivity contribution in [3.63, 3.8) is 0 Å². The predicted molar refractivity (Wildman–Crippen MR) is 258 cm³/mol. The van der Waals surface area contributed by atoms with Gasteiger partial charge in [0.15, 0.2) is 40.5 Å². The summed E-state index contributed by atoms with van der Waals surface area (Å²) in [7, 11) is 0. The Morgan fingerprint density at radius 3 is 1.73 bits per heavy atom. The molecule has 5 nitrogen and oxygen atoms in total. The number of fused-ring (bicyclic) bond motifs is 9. The maximum absolute atomic E-state index is 6.97. The van der Waals surface area contributed by atoms with Crippen LogP contribution >= 0.6 is 11.3 Å². The minimum Gasteiger partial charge on any atom is -0.449 e. The lowest BCUT2D eigenvalue weighted by atomic mass is 9.68. The first-order chi connectivity index (χ1) is 31.7. The molecule has 0 spiro atoms. The molecule has 9 aromatic carbocycles. The van der Waals surface area contributed by atoms with E-state index < -0.39 is 5.41 Å². The van der Waals surface area contributed by atoms with Gasteiger partial charge >= 0.3 is 0 Å². The molecule has 2 aromatic heterocycles. The zero-order valence-corrected chi connectivity index (χ0v) is 35.1. The number of hydrogen-bond acceptors (Lipinski definition) is 6. The molecule has 6 heteroatoms. The van der Waals surface area contributed by atoms with E-state index in [-0.39, 0.29) is 0 Å². The van der Waals surface area contributed by atoms with Gasteiger partial charge in [0.25, 0.3) is 0 Å². The van der Waals surface area contributed by atoms with E-state index in [0.29, 0.717) is 34.7 Å². The topological polar surface area (TPSA) is 57.1 Å². The van der Waals surface area contributed by atoms with Crippen LogP contribution in [0.4, 0.5) is 0 Å². The molecular formula is C58H35N3O2S. The molecule has 0 atom stereocenters. The molecule has 3 heterocycles. The van der Waals surface area contributed by atoms with Gasteiger partial charge in [-0.2, -0.15) is 0 Å². The summed E-state index contributed by atoms with van der Waals surface area (Å²) in [5, 5.41) is 2.49. The largest absolute Gasteiger partial charge is 0.449 e. The smallest absolute Gasteiger partial charge is 0.178 e. The fourth-order valence-electron chi connectivity index (χ4n) is 9.87. The monoisotopic (exact) mass is 837 g/mol. The third-order valence-corrected chi connectivity index (χ3v) is 13.8. The van der Waals surface area contributed by atoms with Gasteiger partial charge < -0.3 is 9.47 Å². The minimum atomic E-state index is -0.540. The molecule has 0 bridgehead atoms. The maximum atomic E-state index is 6.97. The summed E-state index contributed by atoms with van der Waals surface area (Å²) in [6.45, 7) is 0. The van der Waals surface area contributed by atoms with Crippen molar-refractivity contribution in [3.05, 3.63) is 235 Å². The molecule has 1 aliphatic carbocycles. The normalized spacial score (nSPS) is 13.1. The van der Waals surface area contributed by atoms with Crippen LogP contribution in [0.3, 0.4) is 0 Å². The highest BCUT2D eigenvalue weighted by Crippen LogP contribution is 2.62. The Balaban J connectivity index is 0.914. The molecule has 300 valence electrons. The van der Waals surface area contributed by atoms with Crippen LogP contribution in [0.2, 0.25) is 0 Å². The van der Waals surface area contributed by atoms with Gasteiger partial charge in [0.05, 0.1) is 5.41 Å². The number of thiophene rings is 1. The number of aromatic nitrogens is 3. The summed E-state index contributed by atoms with van der Waals surface area (Å²) < 4.78 is 16.3. The molecule has 11 aromatic rings.